The van der Waals surface area contributed by atoms with Crippen molar-refractivity contribution >= 4 is 38.6 Å². The fourth-order valence-electron chi connectivity index (χ4n) is 4.48. The van der Waals surface area contributed by atoms with Gasteiger partial charge in [0.25, 0.3) is 0 Å². The molecule has 182 valence electrons. The minimum atomic E-state index is -4.89. The van der Waals surface area contributed by atoms with Gasteiger partial charge in [0.1, 0.15) is 11.6 Å². The molecule has 2 heterocycles. The standard InChI is InChI=1S/C24H25BrF3N3O3/c1-22(2,17-10-16(25)8-13-5-6-34-20(13)17)11-23(33,24(26,27)28)12-30-19-9-15-7-14(21(29)32)3-4-18(15)31-19/h3-4,7-10,30-31,33H,5-6,11-12H2,1-2H3,(H2,29,32). The van der Waals surface area contributed by atoms with Crippen molar-refractivity contribution in [2.75, 3.05) is 18.5 Å². The van der Waals surface area contributed by atoms with Crippen LogP contribution in [0.2, 0.25) is 0 Å². The molecule has 1 aliphatic heterocycles. The van der Waals surface area contributed by atoms with Gasteiger partial charge in [-0.1, -0.05) is 29.8 Å². The molecule has 1 unspecified atom stereocenters. The SMILES string of the molecule is CC(C)(CC(O)(CNc1cc2cc(C(N)=O)ccc2[nH]1)C(F)(F)F)c1cc(Br)cc2c1OCC2. The van der Waals surface area contributed by atoms with Crippen LogP contribution in [0.1, 0.15) is 41.8 Å². The number of hydrogen-bond donors (Lipinski definition) is 4. The molecule has 10 heteroatoms. The molecular formula is C24H25BrF3N3O3. The van der Waals surface area contributed by atoms with Crippen molar-refractivity contribution in [2.45, 2.75) is 43.9 Å². The van der Waals surface area contributed by atoms with Gasteiger partial charge in [0.15, 0.2) is 5.60 Å². The van der Waals surface area contributed by atoms with Crippen LogP contribution in [0.3, 0.4) is 0 Å². The van der Waals surface area contributed by atoms with Gasteiger partial charge in [0, 0.05) is 32.9 Å². The topological polar surface area (TPSA) is 100 Å². The summed E-state index contributed by atoms with van der Waals surface area (Å²) in [5, 5.41) is 14.2. The maximum atomic E-state index is 14.2. The highest BCUT2D eigenvalue weighted by Gasteiger charge is 2.56. The molecule has 0 fully saturated rings. The molecule has 3 aromatic rings. The van der Waals surface area contributed by atoms with Crippen LogP contribution in [-0.2, 0) is 11.8 Å². The van der Waals surface area contributed by atoms with Gasteiger partial charge in [-0.2, -0.15) is 13.2 Å². The first-order chi connectivity index (χ1) is 15.8. The maximum absolute atomic E-state index is 14.2. The van der Waals surface area contributed by atoms with Crippen LogP contribution in [0.25, 0.3) is 10.9 Å². The average Bonchev–Trinajstić information content (AvgIpc) is 3.36. The number of primary amides is 1. The zero-order valence-electron chi connectivity index (χ0n) is 18.6. The van der Waals surface area contributed by atoms with Gasteiger partial charge in [-0.3, -0.25) is 4.79 Å². The highest BCUT2D eigenvalue weighted by Crippen LogP contribution is 2.46. The third-order valence-electron chi connectivity index (χ3n) is 6.22. The lowest BCUT2D eigenvalue weighted by Crippen LogP contribution is -2.53. The quantitative estimate of drug-likeness (QED) is 0.338. The Kier molecular flexibility index (Phi) is 6.10. The summed E-state index contributed by atoms with van der Waals surface area (Å²) in [6.45, 7) is 3.04. The Morgan fingerprint density at radius 1 is 1.24 bits per heavy atom. The summed E-state index contributed by atoms with van der Waals surface area (Å²) in [6, 6.07) is 9.91. The number of amides is 1. The highest BCUT2D eigenvalue weighted by molar-refractivity contribution is 9.10. The predicted octanol–water partition coefficient (Wildman–Crippen LogP) is 5.04. The number of halogens is 4. The molecule has 1 atom stereocenters. The molecule has 0 saturated carbocycles. The lowest BCUT2D eigenvalue weighted by molar-refractivity contribution is -0.260. The largest absolute Gasteiger partial charge is 0.493 e. The molecule has 4 rings (SSSR count). The number of aromatic nitrogens is 1. The van der Waals surface area contributed by atoms with Crippen molar-refractivity contribution < 1.29 is 27.8 Å². The number of carbonyl (C=O) groups is 1. The molecule has 0 bridgehead atoms. The summed E-state index contributed by atoms with van der Waals surface area (Å²) >= 11 is 3.43. The van der Waals surface area contributed by atoms with Crippen LogP contribution in [0.4, 0.5) is 19.0 Å². The van der Waals surface area contributed by atoms with E-state index in [1.807, 2.05) is 6.07 Å². The second-order valence-electron chi connectivity index (χ2n) is 9.33. The first-order valence-electron chi connectivity index (χ1n) is 10.7. The van der Waals surface area contributed by atoms with Crippen LogP contribution in [0, 0.1) is 0 Å². The molecule has 6 nitrogen and oxygen atoms in total. The summed E-state index contributed by atoms with van der Waals surface area (Å²) in [5.74, 6) is 0.268. The second-order valence-corrected chi connectivity index (χ2v) is 10.2. The number of carbonyl (C=O) groups excluding carboxylic acids is 1. The van der Waals surface area contributed by atoms with E-state index in [2.05, 4.69) is 26.2 Å². The van der Waals surface area contributed by atoms with Gasteiger partial charge in [-0.05, 0) is 53.8 Å². The smallest absolute Gasteiger partial charge is 0.418 e. The van der Waals surface area contributed by atoms with Crippen molar-refractivity contribution in [3.63, 3.8) is 0 Å². The van der Waals surface area contributed by atoms with Crippen molar-refractivity contribution in [3.8, 4) is 5.75 Å². The first-order valence-corrected chi connectivity index (χ1v) is 11.5. The molecule has 2 aromatic carbocycles. The van der Waals surface area contributed by atoms with Crippen LogP contribution < -0.4 is 15.8 Å². The molecule has 1 amide bonds. The molecule has 0 spiro atoms. The number of fused-ring (bicyclic) bond motifs is 2. The Morgan fingerprint density at radius 3 is 2.65 bits per heavy atom. The fraction of sp³-hybridized carbons (Fsp3) is 0.375. The van der Waals surface area contributed by atoms with E-state index < -0.39 is 36.1 Å². The number of nitrogens with one attached hydrogen (secondary N) is 2. The molecular weight excluding hydrogens is 515 g/mol. The van der Waals surface area contributed by atoms with E-state index in [-0.39, 0.29) is 11.4 Å². The third-order valence-corrected chi connectivity index (χ3v) is 6.67. The van der Waals surface area contributed by atoms with E-state index in [0.717, 1.165) is 10.0 Å². The van der Waals surface area contributed by atoms with E-state index >= 15 is 0 Å². The van der Waals surface area contributed by atoms with E-state index in [9.17, 15) is 23.1 Å². The van der Waals surface area contributed by atoms with Crippen molar-refractivity contribution in [1.29, 1.82) is 0 Å². The van der Waals surface area contributed by atoms with Crippen LogP contribution >= 0.6 is 15.9 Å². The molecule has 1 aliphatic rings. The monoisotopic (exact) mass is 539 g/mol. The zero-order chi connectivity index (χ0) is 24.9. The summed E-state index contributed by atoms with van der Waals surface area (Å²) in [4.78, 5) is 14.3. The van der Waals surface area contributed by atoms with Gasteiger partial charge in [0.2, 0.25) is 5.91 Å². The van der Waals surface area contributed by atoms with Gasteiger partial charge in [0.05, 0.1) is 13.2 Å². The second kappa shape index (κ2) is 8.49. The number of alkyl halides is 3. The van der Waals surface area contributed by atoms with Gasteiger partial charge in [-0.25, -0.2) is 0 Å². The highest BCUT2D eigenvalue weighted by atomic mass is 79.9. The van der Waals surface area contributed by atoms with Crippen molar-refractivity contribution in [3.05, 3.63) is 57.6 Å². The Hall–Kier alpha value is -2.72. The number of nitrogens with two attached hydrogens (primary N) is 1. The summed E-state index contributed by atoms with van der Waals surface area (Å²) < 4.78 is 49.0. The number of H-pyrrole nitrogens is 1. The van der Waals surface area contributed by atoms with Gasteiger partial charge >= 0.3 is 6.18 Å². The molecule has 0 radical (unpaired) electrons. The predicted molar refractivity (Wildman–Crippen MR) is 127 cm³/mol. The van der Waals surface area contributed by atoms with Crippen LogP contribution in [0.5, 0.6) is 5.75 Å². The number of ether oxygens (including phenoxy) is 1. The molecule has 1 aromatic heterocycles. The van der Waals surface area contributed by atoms with E-state index in [1.165, 1.54) is 6.07 Å². The Bertz CT molecular complexity index is 1260. The minimum absolute atomic E-state index is 0.281. The van der Waals surface area contributed by atoms with Gasteiger partial charge in [-0.15, -0.1) is 0 Å². The normalized spacial score (nSPS) is 15.6. The minimum Gasteiger partial charge on any atom is -0.493 e. The number of rotatable bonds is 7. The number of benzene rings is 2. The van der Waals surface area contributed by atoms with Gasteiger partial charge < -0.3 is 25.9 Å². The Balaban J connectivity index is 1.60. The lowest BCUT2D eigenvalue weighted by atomic mass is 9.74. The van der Waals surface area contributed by atoms with Crippen molar-refractivity contribution in [2.24, 2.45) is 5.73 Å². The molecule has 0 aliphatic carbocycles. The average molecular weight is 540 g/mol. The lowest BCUT2D eigenvalue weighted by Gasteiger charge is -2.38. The fourth-order valence-corrected chi connectivity index (χ4v) is 4.99. The molecule has 5 N–H and O–H groups in total. The summed E-state index contributed by atoms with van der Waals surface area (Å²) in [6.07, 6.45) is -4.80. The summed E-state index contributed by atoms with van der Waals surface area (Å²) in [7, 11) is 0. The van der Waals surface area contributed by atoms with E-state index in [4.69, 9.17) is 10.5 Å². The number of aliphatic hydroxyl groups is 1. The van der Waals surface area contributed by atoms with Crippen molar-refractivity contribution in [1.82, 2.24) is 4.98 Å². The van der Waals surface area contributed by atoms with E-state index in [1.54, 1.807) is 38.1 Å². The molecule has 0 saturated heterocycles. The zero-order valence-corrected chi connectivity index (χ0v) is 20.2. The first kappa shape index (κ1) is 24.4. The number of anilines is 1. The van der Waals surface area contributed by atoms with Crippen LogP contribution in [-0.4, -0.2) is 40.9 Å². The molecule has 34 heavy (non-hydrogen) atoms. The number of aromatic amines is 1. The number of hydrogen-bond acceptors (Lipinski definition) is 4. The Labute approximate surface area is 202 Å². The third kappa shape index (κ3) is 4.61. The Morgan fingerprint density at radius 2 is 1.97 bits per heavy atom. The maximum Gasteiger partial charge on any atom is 0.418 e. The van der Waals surface area contributed by atoms with Crippen LogP contribution in [0.15, 0.2) is 40.9 Å². The van der Waals surface area contributed by atoms with E-state index in [0.29, 0.717) is 35.2 Å². The summed E-state index contributed by atoms with van der Waals surface area (Å²) in [5.41, 5.74) is 3.65.